The Kier molecular flexibility index (Phi) is 12.9. The molecule has 3 aromatic rings. The maximum absolute atomic E-state index is 14.3. The fraction of sp³-hybridized carbons (Fsp3) is 0.444. The Labute approximate surface area is 263 Å². The number of amides is 1. The molecule has 7 nitrogen and oxygen atoms in total. The summed E-state index contributed by atoms with van der Waals surface area (Å²) >= 11 is 16.0. The van der Waals surface area contributed by atoms with Crippen molar-refractivity contribution in [2.45, 2.75) is 52.9 Å². The van der Waals surface area contributed by atoms with Gasteiger partial charge in [0.1, 0.15) is 17.4 Å². The van der Waals surface area contributed by atoms with E-state index >= 15 is 0 Å². The topological polar surface area (TPSA) is 73.7 Å². The summed E-state index contributed by atoms with van der Waals surface area (Å²) in [5.41, 5.74) is 0.223. The summed E-state index contributed by atoms with van der Waals surface area (Å²) in [6.45, 7) is 9.71. The van der Waals surface area contributed by atoms with E-state index in [1.807, 2.05) is 20.8 Å². The van der Waals surface area contributed by atoms with E-state index in [0.717, 1.165) is 35.3 Å². The van der Waals surface area contributed by atoms with Gasteiger partial charge in [0, 0.05) is 24.6 Å². The first-order valence-corrected chi connectivity index (χ1v) is 15.0. The first-order valence-electron chi connectivity index (χ1n) is 12.4. The standard InChI is InChI=1S/C15H12BrClF4N2O2.C12H18ClNO2S/c1-6(2)25-14(24)7-4-8(10(18)5-9(7)17)12-11(16)13(15(19,20)21)23(3)22-12;1-8-7-17-10(3)12(8)14(11(15)5-13)9(2)6-16-4/h4-6H,1-3H3;7,9H,5-6H2,1-4H3. The zero-order valence-corrected chi connectivity index (χ0v) is 27.7. The summed E-state index contributed by atoms with van der Waals surface area (Å²) in [6.07, 6.45) is -5.14. The van der Waals surface area contributed by atoms with Crippen LogP contribution in [0.1, 0.15) is 47.3 Å². The van der Waals surface area contributed by atoms with Crippen LogP contribution in [0.15, 0.2) is 22.0 Å². The number of alkyl halides is 4. The Morgan fingerprint density at radius 1 is 1.21 bits per heavy atom. The van der Waals surface area contributed by atoms with Crippen LogP contribution in [0.5, 0.6) is 0 Å². The number of rotatable bonds is 8. The lowest BCUT2D eigenvalue weighted by molar-refractivity contribution is -0.144. The second-order valence-corrected chi connectivity index (χ2v) is 12.0. The summed E-state index contributed by atoms with van der Waals surface area (Å²) < 4.78 is 63.8. The largest absolute Gasteiger partial charge is 0.459 e. The number of methoxy groups -OCH3 is 1. The molecule has 15 heteroatoms. The van der Waals surface area contributed by atoms with Crippen LogP contribution >= 0.6 is 50.5 Å². The number of hydrogen-bond acceptors (Lipinski definition) is 6. The fourth-order valence-corrected chi connectivity index (χ4v) is 6.01. The van der Waals surface area contributed by atoms with Gasteiger partial charge in [0.15, 0.2) is 5.69 Å². The number of halogens is 7. The lowest BCUT2D eigenvalue weighted by Gasteiger charge is -2.29. The molecule has 1 unspecified atom stereocenters. The van der Waals surface area contributed by atoms with Gasteiger partial charge in [0.2, 0.25) is 5.91 Å². The Bertz CT molecular complexity index is 1410. The van der Waals surface area contributed by atoms with Crippen molar-refractivity contribution < 1.29 is 36.6 Å². The quantitative estimate of drug-likeness (QED) is 0.133. The molecule has 3 rings (SSSR count). The number of esters is 1. The van der Waals surface area contributed by atoms with E-state index in [2.05, 4.69) is 26.4 Å². The number of thiophene rings is 1. The zero-order valence-electron chi connectivity index (χ0n) is 23.8. The number of ether oxygens (including phenoxy) is 2. The van der Waals surface area contributed by atoms with E-state index in [-0.39, 0.29) is 39.7 Å². The van der Waals surface area contributed by atoms with E-state index in [9.17, 15) is 27.2 Å². The number of carbonyl (C=O) groups excluding carboxylic acids is 2. The van der Waals surface area contributed by atoms with Gasteiger partial charge in [0.05, 0.1) is 39.5 Å². The van der Waals surface area contributed by atoms with Crippen LogP contribution in [0.4, 0.5) is 23.2 Å². The van der Waals surface area contributed by atoms with Gasteiger partial charge < -0.3 is 14.4 Å². The molecule has 1 amide bonds. The molecule has 0 N–H and O–H groups in total. The molecule has 2 aromatic heterocycles. The van der Waals surface area contributed by atoms with Crippen LogP contribution in [0.2, 0.25) is 5.02 Å². The lowest BCUT2D eigenvalue weighted by Crippen LogP contribution is -2.42. The predicted molar refractivity (Wildman–Crippen MR) is 160 cm³/mol. The summed E-state index contributed by atoms with van der Waals surface area (Å²) in [5.74, 6) is -1.83. The van der Waals surface area contributed by atoms with Crippen LogP contribution in [-0.2, 0) is 27.5 Å². The van der Waals surface area contributed by atoms with Crippen LogP contribution in [0, 0.1) is 19.7 Å². The minimum absolute atomic E-state index is 0.0111. The molecule has 1 aromatic carbocycles. The highest BCUT2D eigenvalue weighted by atomic mass is 79.9. The molecule has 0 bridgehead atoms. The highest BCUT2D eigenvalue weighted by molar-refractivity contribution is 9.10. The molecule has 0 aliphatic rings. The second-order valence-electron chi connectivity index (χ2n) is 9.42. The van der Waals surface area contributed by atoms with E-state index in [0.29, 0.717) is 11.3 Å². The number of carbonyl (C=O) groups is 2. The molecule has 0 aliphatic carbocycles. The van der Waals surface area contributed by atoms with Crippen LogP contribution in [0.25, 0.3) is 11.3 Å². The molecular formula is C27H30BrCl2F4N3O4S. The minimum Gasteiger partial charge on any atom is -0.459 e. The summed E-state index contributed by atoms with van der Waals surface area (Å²) in [5, 5.41) is 5.55. The van der Waals surface area contributed by atoms with Crippen molar-refractivity contribution in [3.63, 3.8) is 0 Å². The third-order valence-electron chi connectivity index (χ3n) is 5.72. The van der Waals surface area contributed by atoms with Gasteiger partial charge in [-0.2, -0.15) is 18.3 Å². The molecule has 0 fully saturated rings. The number of aryl methyl sites for hydroxylation is 3. The van der Waals surface area contributed by atoms with Gasteiger partial charge in [0.25, 0.3) is 0 Å². The van der Waals surface area contributed by atoms with Crippen molar-refractivity contribution >= 4 is 68.0 Å². The van der Waals surface area contributed by atoms with Crippen molar-refractivity contribution in [3.8, 4) is 11.3 Å². The van der Waals surface area contributed by atoms with Crippen LogP contribution < -0.4 is 4.90 Å². The lowest BCUT2D eigenvalue weighted by atomic mass is 10.1. The SMILES string of the molecule is CC(C)OC(=O)c1cc(-c2nn(C)c(C(F)(F)F)c2Br)c(F)cc1Cl.COCC(C)N(C(=O)CCl)c1c(C)csc1C. The van der Waals surface area contributed by atoms with Crippen molar-refractivity contribution in [3.05, 3.63) is 54.5 Å². The molecule has 0 saturated carbocycles. The third kappa shape index (κ3) is 8.46. The van der Waals surface area contributed by atoms with Gasteiger partial charge in [-0.1, -0.05) is 11.6 Å². The van der Waals surface area contributed by atoms with Crippen molar-refractivity contribution in [1.82, 2.24) is 9.78 Å². The molecule has 232 valence electrons. The monoisotopic (exact) mass is 717 g/mol. The molecule has 0 radical (unpaired) electrons. The number of hydrogen-bond donors (Lipinski definition) is 0. The minimum atomic E-state index is -4.69. The normalized spacial score (nSPS) is 12.2. The number of nitrogens with zero attached hydrogens (tertiary/aromatic N) is 3. The molecule has 0 saturated heterocycles. The maximum atomic E-state index is 14.3. The predicted octanol–water partition coefficient (Wildman–Crippen LogP) is 8.20. The summed E-state index contributed by atoms with van der Waals surface area (Å²) in [6, 6.07) is 1.84. The van der Waals surface area contributed by atoms with Gasteiger partial charge in [-0.3, -0.25) is 9.48 Å². The van der Waals surface area contributed by atoms with Crippen LogP contribution in [-0.4, -0.2) is 53.4 Å². The van der Waals surface area contributed by atoms with E-state index in [4.69, 9.17) is 32.7 Å². The number of benzene rings is 1. The molecule has 0 spiro atoms. The highest BCUT2D eigenvalue weighted by Gasteiger charge is 2.39. The highest BCUT2D eigenvalue weighted by Crippen LogP contribution is 2.41. The molecule has 42 heavy (non-hydrogen) atoms. The van der Waals surface area contributed by atoms with E-state index in [1.165, 1.54) is 0 Å². The Balaban J connectivity index is 0.000000317. The van der Waals surface area contributed by atoms with Crippen molar-refractivity contribution in [2.75, 3.05) is 24.5 Å². The molecule has 2 heterocycles. The van der Waals surface area contributed by atoms with Crippen LogP contribution in [0.3, 0.4) is 0 Å². The van der Waals surface area contributed by atoms with Gasteiger partial charge >= 0.3 is 12.1 Å². The number of aromatic nitrogens is 2. The fourth-order valence-electron chi connectivity index (χ4n) is 4.04. The van der Waals surface area contributed by atoms with Gasteiger partial charge in [-0.25, -0.2) is 9.18 Å². The van der Waals surface area contributed by atoms with Gasteiger partial charge in [-0.05, 0) is 73.6 Å². The summed E-state index contributed by atoms with van der Waals surface area (Å²) in [4.78, 5) is 26.9. The third-order valence-corrected chi connectivity index (χ3v) is 8.04. The first kappa shape index (κ1) is 36.0. The number of anilines is 1. The average Bonchev–Trinajstić information content (AvgIpc) is 3.36. The maximum Gasteiger partial charge on any atom is 0.434 e. The van der Waals surface area contributed by atoms with Crippen molar-refractivity contribution in [1.29, 1.82) is 0 Å². The molecule has 0 aliphatic heterocycles. The van der Waals surface area contributed by atoms with E-state index < -0.39 is 34.2 Å². The molecule has 1 atom stereocenters. The Morgan fingerprint density at radius 3 is 2.29 bits per heavy atom. The Morgan fingerprint density at radius 2 is 1.83 bits per heavy atom. The Hall–Kier alpha value is -2.19. The van der Waals surface area contributed by atoms with Crippen molar-refractivity contribution in [2.24, 2.45) is 7.05 Å². The van der Waals surface area contributed by atoms with Gasteiger partial charge in [-0.15, -0.1) is 22.9 Å². The summed E-state index contributed by atoms with van der Waals surface area (Å²) in [7, 11) is 2.71. The average molecular weight is 719 g/mol. The zero-order chi connectivity index (χ0) is 32.1. The molecular weight excluding hydrogens is 689 g/mol. The second kappa shape index (κ2) is 15.0. The smallest absolute Gasteiger partial charge is 0.434 e. The first-order chi connectivity index (χ1) is 19.5. The van der Waals surface area contributed by atoms with E-state index in [1.54, 1.807) is 37.2 Å².